The SMILES string of the molecule is CO[C@@H]1[C@H](O)[C@@H](CO)O[C@H]1n1cc(C#CCNC(=O)CC(C)C)c(N)nc1=O. The first kappa shape index (κ1) is 21.8. The van der Waals surface area contributed by atoms with Crippen LogP contribution in [0.15, 0.2) is 11.0 Å². The van der Waals surface area contributed by atoms with Crippen molar-refractivity contribution in [2.45, 2.75) is 44.8 Å². The van der Waals surface area contributed by atoms with Crippen LogP contribution in [-0.2, 0) is 14.3 Å². The quantitative estimate of drug-likeness (QED) is 0.431. The van der Waals surface area contributed by atoms with E-state index in [0.29, 0.717) is 6.42 Å². The van der Waals surface area contributed by atoms with E-state index in [2.05, 4.69) is 22.1 Å². The number of anilines is 1. The number of aliphatic hydroxyl groups is 2. The van der Waals surface area contributed by atoms with Crippen LogP contribution in [0.4, 0.5) is 5.82 Å². The van der Waals surface area contributed by atoms with Gasteiger partial charge in [0.1, 0.15) is 24.1 Å². The van der Waals surface area contributed by atoms with Gasteiger partial charge in [0.05, 0.1) is 18.7 Å². The summed E-state index contributed by atoms with van der Waals surface area (Å²) >= 11 is 0. The van der Waals surface area contributed by atoms with Gasteiger partial charge in [0.15, 0.2) is 6.23 Å². The van der Waals surface area contributed by atoms with Gasteiger partial charge < -0.3 is 30.7 Å². The Morgan fingerprint density at radius 2 is 2.25 bits per heavy atom. The Bertz CT molecular complexity index is 813. The maximum Gasteiger partial charge on any atom is 0.351 e. The number of nitrogens with two attached hydrogens (primary N) is 1. The maximum atomic E-state index is 12.3. The summed E-state index contributed by atoms with van der Waals surface area (Å²) in [6.45, 7) is 3.57. The van der Waals surface area contributed by atoms with Gasteiger partial charge in [0.2, 0.25) is 5.91 Å². The minimum atomic E-state index is -1.12. The second kappa shape index (κ2) is 9.66. The third-order valence-corrected chi connectivity index (χ3v) is 4.21. The number of hydrogen-bond donors (Lipinski definition) is 4. The Labute approximate surface area is 162 Å². The van der Waals surface area contributed by atoms with Crippen LogP contribution in [0.5, 0.6) is 0 Å². The van der Waals surface area contributed by atoms with Crippen molar-refractivity contribution in [1.82, 2.24) is 14.9 Å². The molecule has 0 spiro atoms. The molecule has 10 heteroatoms. The number of hydrogen-bond acceptors (Lipinski definition) is 8. The lowest BCUT2D eigenvalue weighted by Crippen LogP contribution is -2.37. The predicted molar refractivity (Wildman–Crippen MR) is 100 cm³/mol. The Morgan fingerprint density at radius 3 is 2.86 bits per heavy atom. The summed E-state index contributed by atoms with van der Waals surface area (Å²) in [6.07, 6.45) is -2.13. The van der Waals surface area contributed by atoms with Gasteiger partial charge in [-0.1, -0.05) is 25.7 Å². The van der Waals surface area contributed by atoms with E-state index >= 15 is 0 Å². The lowest BCUT2D eigenvalue weighted by Gasteiger charge is -2.20. The fourth-order valence-corrected chi connectivity index (χ4v) is 2.83. The van der Waals surface area contributed by atoms with E-state index < -0.39 is 36.8 Å². The number of nitrogen functional groups attached to an aromatic ring is 1. The number of carbonyl (C=O) groups is 1. The summed E-state index contributed by atoms with van der Waals surface area (Å²) in [4.78, 5) is 27.6. The normalized spacial score (nSPS) is 24.1. The molecule has 0 aliphatic carbocycles. The Kier molecular flexibility index (Phi) is 7.53. The first-order chi connectivity index (χ1) is 13.3. The van der Waals surface area contributed by atoms with E-state index in [-0.39, 0.29) is 29.8 Å². The number of aromatic nitrogens is 2. The summed E-state index contributed by atoms with van der Waals surface area (Å²) in [5.41, 5.74) is 5.33. The van der Waals surface area contributed by atoms with Gasteiger partial charge in [0, 0.05) is 19.7 Å². The summed E-state index contributed by atoms with van der Waals surface area (Å²) < 4.78 is 11.9. The number of rotatable bonds is 6. The average Bonchev–Trinajstić information content (AvgIpc) is 2.95. The van der Waals surface area contributed by atoms with E-state index in [0.717, 1.165) is 4.57 Å². The van der Waals surface area contributed by atoms with Gasteiger partial charge in [-0.3, -0.25) is 9.36 Å². The zero-order valence-corrected chi connectivity index (χ0v) is 16.1. The standard InChI is InChI=1S/C18H26N4O6/c1-10(2)7-13(24)20-6-4-5-11-8-22(18(26)21-16(11)19)17-15(27-3)14(25)12(9-23)28-17/h8,10,12,14-15,17,23,25H,6-7,9H2,1-3H3,(H,20,24)(H2,19,21,26)/t12-,14-,15-,17-/m1/s1. The molecule has 1 saturated heterocycles. The largest absolute Gasteiger partial charge is 0.394 e. The molecule has 0 saturated carbocycles. The predicted octanol–water partition coefficient (Wildman–Crippen LogP) is -1.40. The highest BCUT2D eigenvalue weighted by molar-refractivity contribution is 5.76. The number of ether oxygens (including phenoxy) is 2. The molecule has 0 unspecified atom stereocenters. The molecule has 2 rings (SSSR count). The highest BCUT2D eigenvalue weighted by atomic mass is 16.6. The smallest absolute Gasteiger partial charge is 0.351 e. The van der Waals surface area contributed by atoms with Crippen LogP contribution < -0.4 is 16.7 Å². The van der Waals surface area contributed by atoms with E-state index in [1.165, 1.54) is 13.3 Å². The first-order valence-electron chi connectivity index (χ1n) is 8.89. The topological polar surface area (TPSA) is 149 Å². The minimum Gasteiger partial charge on any atom is -0.394 e. The number of amides is 1. The molecule has 10 nitrogen and oxygen atoms in total. The first-order valence-corrected chi connectivity index (χ1v) is 8.89. The average molecular weight is 394 g/mol. The minimum absolute atomic E-state index is 0.0616. The number of carbonyl (C=O) groups excluding carboxylic acids is 1. The fraction of sp³-hybridized carbons (Fsp3) is 0.611. The van der Waals surface area contributed by atoms with Crippen molar-refractivity contribution in [3.63, 3.8) is 0 Å². The molecule has 1 amide bonds. The molecular weight excluding hydrogens is 368 g/mol. The zero-order chi connectivity index (χ0) is 20.8. The second-order valence-corrected chi connectivity index (χ2v) is 6.84. The van der Waals surface area contributed by atoms with E-state index in [1.54, 1.807) is 0 Å². The van der Waals surface area contributed by atoms with Crippen molar-refractivity contribution in [2.24, 2.45) is 5.92 Å². The van der Waals surface area contributed by atoms with Gasteiger partial charge in [0.25, 0.3) is 0 Å². The molecular formula is C18H26N4O6. The molecule has 0 aromatic carbocycles. The molecule has 1 fully saturated rings. The van der Waals surface area contributed by atoms with Crippen LogP contribution in [0.25, 0.3) is 0 Å². The molecule has 1 aromatic rings. The third-order valence-electron chi connectivity index (χ3n) is 4.21. The number of methoxy groups -OCH3 is 1. The number of aliphatic hydroxyl groups excluding tert-OH is 2. The van der Waals surface area contributed by atoms with Gasteiger partial charge in [-0.15, -0.1) is 0 Å². The molecule has 5 N–H and O–H groups in total. The van der Waals surface area contributed by atoms with Crippen molar-refractivity contribution < 1.29 is 24.5 Å². The van der Waals surface area contributed by atoms with Gasteiger partial charge in [-0.25, -0.2) is 4.79 Å². The monoisotopic (exact) mass is 394 g/mol. The highest BCUT2D eigenvalue weighted by Gasteiger charge is 2.45. The highest BCUT2D eigenvalue weighted by Crippen LogP contribution is 2.30. The molecule has 0 bridgehead atoms. The van der Waals surface area contributed by atoms with Gasteiger partial charge >= 0.3 is 5.69 Å². The lowest BCUT2D eigenvalue weighted by atomic mass is 10.1. The Balaban J connectivity index is 2.20. The zero-order valence-electron chi connectivity index (χ0n) is 16.1. The van der Waals surface area contributed by atoms with E-state index in [4.69, 9.17) is 15.2 Å². The van der Waals surface area contributed by atoms with Crippen molar-refractivity contribution in [3.8, 4) is 11.8 Å². The summed E-state index contributed by atoms with van der Waals surface area (Å²) in [5.74, 6) is 5.60. The van der Waals surface area contributed by atoms with Crippen molar-refractivity contribution in [3.05, 3.63) is 22.2 Å². The summed E-state index contributed by atoms with van der Waals surface area (Å²) in [7, 11) is 1.36. The second-order valence-electron chi connectivity index (χ2n) is 6.84. The summed E-state index contributed by atoms with van der Waals surface area (Å²) in [5, 5.41) is 22.1. The van der Waals surface area contributed by atoms with Crippen LogP contribution in [0.3, 0.4) is 0 Å². The molecule has 28 heavy (non-hydrogen) atoms. The lowest BCUT2D eigenvalue weighted by molar-refractivity contribution is -0.121. The van der Waals surface area contributed by atoms with Gasteiger partial charge in [-0.2, -0.15) is 4.98 Å². The Hall–Kier alpha value is -2.45. The number of nitrogens with zero attached hydrogens (tertiary/aromatic N) is 2. The van der Waals surface area contributed by atoms with Crippen LogP contribution in [-0.4, -0.2) is 64.2 Å². The molecule has 154 valence electrons. The van der Waals surface area contributed by atoms with Crippen LogP contribution >= 0.6 is 0 Å². The van der Waals surface area contributed by atoms with E-state index in [1.807, 2.05) is 13.8 Å². The molecule has 1 aliphatic heterocycles. The van der Waals surface area contributed by atoms with E-state index in [9.17, 15) is 19.8 Å². The van der Waals surface area contributed by atoms with Gasteiger partial charge in [-0.05, 0) is 5.92 Å². The fourth-order valence-electron chi connectivity index (χ4n) is 2.83. The molecule has 4 atom stereocenters. The molecule has 2 heterocycles. The van der Waals surface area contributed by atoms with Crippen LogP contribution in [0, 0.1) is 17.8 Å². The molecule has 1 aliphatic rings. The number of nitrogens with one attached hydrogen (secondary N) is 1. The summed E-state index contributed by atoms with van der Waals surface area (Å²) in [6, 6.07) is 0. The van der Waals surface area contributed by atoms with Crippen molar-refractivity contribution in [2.75, 3.05) is 26.0 Å². The van der Waals surface area contributed by atoms with Crippen molar-refractivity contribution in [1.29, 1.82) is 0 Å². The van der Waals surface area contributed by atoms with Crippen molar-refractivity contribution >= 4 is 11.7 Å². The maximum absolute atomic E-state index is 12.3. The van der Waals surface area contributed by atoms with Crippen LogP contribution in [0.2, 0.25) is 0 Å². The Morgan fingerprint density at radius 1 is 1.54 bits per heavy atom. The third kappa shape index (κ3) is 5.08. The molecule has 0 radical (unpaired) electrons. The molecule has 1 aromatic heterocycles. The van der Waals surface area contributed by atoms with Crippen LogP contribution in [0.1, 0.15) is 32.1 Å².